The number of sulfonamides is 1. The fourth-order valence-electron chi connectivity index (χ4n) is 4.96. The zero-order valence-corrected chi connectivity index (χ0v) is 24.7. The molecule has 1 atom stereocenters. The Labute approximate surface area is 250 Å². The second-order valence-corrected chi connectivity index (χ2v) is 13.3. The molecule has 222 valence electrons. The number of hydrogen-bond donors (Lipinski definition) is 1. The standard InChI is InChI=1S/C29H27F2N7O3S2/c1-2-29(30,31)21-9-7-19(8-10-21)14-34-28(39)23-17-37(25-16-33-22-15-32-18-35-27(22)36-25)11-12-38(23)43(40,41)26-13-20-5-3-4-6-24(20)42-26/h3-10,13,15-16,18,23H,2,11-12,14,17H2,1H3,(H,34,39)/t23-/m1/s1. The lowest BCUT2D eigenvalue weighted by atomic mass is 10.0. The molecule has 5 aromatic rings. The molecule has 1 saturated heterocycles. The number of nitrogens with one attached hydrogen (secondary N) is 1. The lowest BCUT2D eigenvalue weighted by molar-refractivity contribution is -0.125. The van der Waals surface area contributed by atoms with E-state index in [0.717, 1.165) is 21.4 Å². The zero-order valence-electron chi connectivity index (χ0n) is 23.0. The highest BCUT2D eigenvalue weighted by Crippen LogP contribution is 2.33. The van der Waals surface area contributed by atoms with Crippen LogP contribution in [0.4, 0.5) is 14.6 Å². The first kappa shape index (κ1) is 29.0. The van der Waals surface area contributed by atoms with E-state index in [2.05, 4.69) is 25.3 Å². The van der Waals surface area contributed by atoms with Crippen molar-refractivity contribution >= 4 is 54.3 Å². The van der Waals surface area contributed by atoms with E-state index in [1.807, 2.05) is 24.3 Å². The minimum Gasteiger partial charge on any atom is -0.352 e. The van der Waals surface area contributed by atoms with Gasteiger partial charge in [-0.3, -0.25) is 4.79 Å². The van der Waals surface area contributed by atoms with Crippen molar-refractivity contribution in [3.05, 3.63) is 84.4 Å². The summed E-state index contributed by atoms with van der Waals surface area (Å²) in [5.74, 6) is -3.00. The SMILES string of the molecule is CCC(F)(F)c1ccc(CNC(=O)[C@H]2CN(c3cnc4cncnc4n3)CCN2S(=O)(=O)c2cc3ccccc3s2)cc1. The lowest BCUT2D eigenvalue weighted by Gasteiger charge is -2.39. The fraction of sp³-hybridized carbons (Fsp3) is 0.276. The van der Waals surface area contributed by atoms with Gasteiger partial charge < -0.3 is 10.2 Å². The summed E-state index contributed by atoms with van der Waals surface area (Å²) >= 11 is 1.15. The van der Waals surface area contributed by atoms with Crippen molar-refractivity contribution < 1.29 is 22.0 Å². The van der Waals surface area contributed by atoms with Crippen LogP contribution in [0.25, 0.3) is 21.3 Å². The number of fused-ring (bicyclic) bond motifs is 2. The van der Waals surface area contributed by atoms with Crippen LogP contribution >= 0.6 is 11.3 Å². The first-order chi connectivity index (χ1) is 20.7. The summed E-state index contributed by atoms with van der Waals surface area (Å²) in [6, 6.07) is 13.6. The Morgan fingerprint density at radius 1 is 1.09 bits per heavy atom. The highest BCUT2D eigenvalue weighted by atomic mass is 32.2. The van der Waals surface area contributed by atoms with Crippen LogP contribution in [0, 0.1) is 0 Å². The van der Waals surface area contributed by atoms with Gasteiger partial charge in [0.15, 0.2) is 5.65 Å². The summed E-state index contributed by atoms with van der Waals surface area (Å²) in [5, 5.41) is 3.61. The number of benzene rings is 2. The minimum absolute atomic E-state index is 0.0168. The zero-order chi connectivity index (χ0) is 30.2. The Hall–Kier alpha value is -4.14. The number of hydrogen-bond acceptors (Lipinski definition) is 9. The maximum atomic E-state index is 14.0. The Morgan fingerprint density at radius 3 is 2.65 bits per heavy atom. The predicted octanol–water partition coefficient (Wildman–Crippen LogP) is 4.33. The number of alkyl halides is 2. The lowest BCUT2D eigenvalue weighted by Crippen LogP contribution is -2.60. The van der Waals surface area contributed by atoms with Gasteiger partial charge in [0.25, 0.3) is 15.9 Å². The van der Waals surface area contributed by atoms with Gasteiger partial charge in [-0.25, -0.2) is 37.1 Å². The number of thiophene rings is 1. The minimum atomic E-state index is -4.04. The van der Waals surface area contributed by atoms with E-state index < -0.39 is 27.9 Å². The van der Waals surface area contributed by atoms with Crippen molar-refractivity contribution in [1.82, 2.24) is 29.6 Å². The molecule has 0 bridgehead atoms. The number of halogens is 2. The molecule has 1 fully saturated rings. The highest BCUT2D eigenvalue weighted by molar-refractivity contribution is 7.91. The van der Waals surface area contributed by atoms with Gasteiger partial charge in [-0.15, -0.1) is 11.3 Å². The number of nitrogens with zero attached hydrogens (tertiary/aromatic N) is 6. The van der Waals surface area contributed by atoms with Gasteiger partial charge in [-0.05, 0) is 23.1 Å². The van der Waals surface area contributed by atoms with Gasteiger partial charge in [-0.2, -0.15) is 4.31 Å². The van der Waals surface area contributed by atoms with E-state index in [0.29, 0.717) is 22.5 Å². The second-order valence-electron chi connectivity index (χ2n) is 10.1. The third-order valence-corrected chi connectivity index (χ3v) is 10.9. The van der Waals surface area contributed by atoms with Crippen molar-refractivity contribution in [2.45, 2.75) is 36.1 Å². The van der Waals surface area contributed by atoms with Crippen LogP contribution in [0.3, 0.4) is 0 Å². The molecule has 1 aliphatic heterocycles. The molecule has 1 aliphatic rings. The van der Waals surface area contributed by atoms with Gasteiger partial charge in [0.05, 0.1) is 12.4 Å². The summed E-state index contributed by atoms with van der Waals surface area (Å²) in [7, 11) is -4.04. The topological polar surface area (TPSA) is 121 Å². The van der Waals surface area contributed by atoms with Crippen LogP contribution < -0.4 is 10.2 Å². The Bertz CT molecular complexity index is 1870. The molecular weight excluding hydrogens is 596 g/mol. The van der Waals surface area contributed by atoms with Gasteiger partial charge in [-0.1, -0.05) is 49.4 Å². The number of aromatic nitrogens is 4. The number of piperazine rings is 1. The number of carbonyl (C=O) groups excluding carboxylic acids is 1. The van der Waals surface area contributed by atoms with Crippen LogP contribution in [0.15, 0.2) is 77.5 Å². The number of anilines is 1. The molecule has 2 aromatic carbocycles. The fourth-order valence-corrected chi connectivity index (χ4v) is 8.06. The number of amides is 1. The smallest absolute Gasteiger partial charge is 0.273 e. The molecular formula is C29H27F2N7O3S2. The van der Waals surface area contributed by atoms with Gasteiger partial charge in [0.1, 0.15) is 27.9 Å². The van der Waals surface area contributed by atoms with Crippen LogP contribution in [0.2, 0.25) is 0 Å². The summed E-state index contributed by atoms with van der Waals surface area (Å²) in [4.78, 5) is 32.5. The molecule has 1 amide bonds. The quantitative estimate of drug-likeness (QED) is 0.271. The average molecular weight is 624 g/mol. The van der Waals surface area contributed by atoms with Crippen LogP contribution in [-0.2, 0) is 27.3 Å². The molecule has 1 N–H and O–H groups in total. The van der Waals surface area contributed by atoms with Crippen molar-refractivity contribution in [3.8, 4) is 0 Å². The molecule has 0 saturated carbocycles. The van der Waals surface area contributed by atoms with Crippen LogP contribution in [0.1, 0.15) is 24.5 Å². The van der Waals surface area contributed by atoms with Gasteiger partial charge >= 0.3 is 0 Å². The van der Waals surface area contributed by atoms with E-state index in [-0.39, 0.29) is 42.4 Å². The van der Waals surface area contributed by atoms with Gasteiger partial charge in [0.2, 0.25) is 5.91 Å². The van der Waals surface area contributed by atoms with Crippen molar-refractivity contribution in [2.75, 3.05) is 24.5 Å². The molecule has 0 spiro atoms. The third-order valence-electron chi connectivity index (χ3n) is 7.42. The molecule has 4 heterocycles. The second kappa shape index (κ2) is 11.5. The number of carbonyl (C=O) groups is 1. The highest BCUT2D eigenvalue weighted by Gasteiger charge is 2.41. The molecule has 0 radical (unpaired) electrons. The Balaban J connectivity index is 1.27. The maximum Gasteiger partial charge on any atom is 0.273 e. The van der Waals surface area contributed by atoms with E-state index in [1.54, 1.807) is 23.4 Å². The molecule has 0 unspecified atom stereocenters. The summed E-state index contributed by atoms with van der Waals surface area (Å²) in [6.45, 7) is 1.77. The van der Waals surface area contributed by atoms with E-state index in [1.165, 1.54) is 41.8 Å². The van der Waals surface area contributed by atoms with Crippen molar-refractivity contribution in [3.63, 3.8) is 0 Å². The summed E-state index contributed by atoms with van der Waals surface area (Å²) in [5.41, 5.74) is 1.39. The van der Waals surface area contributed by atoms with E-state index >= 15 is 0 Å². The molecule has 0 aliphatic carbocycles. The molecule has 10 nitrogen and oxygen atoms in total. The van der Waals surface area contributed by atoms with Crippen molar-refractivity contribution in [1.29, 1.82) is 0 Å². The normalized spacial score (nSPS) is 16.5. The summed E-state index contributed by atoms with van der Waals surface area (Å²) in [6.07, 6.45) is 4.13. The molecule has 3 aromatic heterocycles. The third kappa shape index (κ3) is 5.77. The molecule has 43 heavy (non-hydrogen) atoms. The average Bonchev–Trinajstić information content (AvgIpc) is 3.49. The monoisotopic (exact) mass is 623 g/mol. The Kier molecular flexibility index (Phi) is 7.75. The predicted molar refractivity (Wildman–Crippen MR) is 159 cm³/mol. The Morgan fingerprint density at radius 2 is 1.88 bits per heavy atom. The van der Waals surface area contributed by atoms with Crippen molar-refractivity contribution in [2.24, 2.45) is 0 Å². The first-order valence-corrected chi connectivity index (χ1v) is 15.8. The number of rotatable bonds is 8. The maximum absolute atomic E-state index is 14.0. The van der Waals surface area contributed by atoms with Gasteiger partial charge in [0, 0.05) is 42.9 Å². The first-order valence-electron chi connectivity index (χ1n) is 13.6. The largest absolute Gasteiger partial charge is 0.352 e. The van der Waals surface area contributed by atoms with E-state index in [9.17, 15) is 22.0 Å². The summed E-state index contributed by atoms with van der Waals surface area (Å²) < 4.78 is 58.2. The van der Waals surface area contributed by atoms with Crippen LogP contribution in [0.5, 0.6) is 0 Å². The molecule has 6 rings (SSSR count). The van der Waals surface area contributed by atoms with Crippen LogP contribution in [-0.4, -0.2) is 64.2 Å². The van der Waals surface area contributed by atoms with E-state index in [4.69, 9.17) is 0 Å². The molecule has 14 heteroatoms.